The van der Waals surface area contributed by atoms with Gasteiger partial charge in [-0.15, -0.1) is 0 Å². The van der Waals surface area contributed by atoms with E-state index in [1.807, 2.05) is 27.7 Å². The average molecular weight is 372 g/mol. The topological polar surface area (TPSA) is 90.2 Å². The fourth-order valence-electron chi connectivity index (χ4n) is 4.95. The first kappa shape index (κ1) is 21.5. The first-order valence-corrected chi connectivity index (χ1v) is 10.2. The van der Waals surface area contributed by atoms with Crippen LogP contribution in [0.4, 0.5) is 4.79 Å². The molecule has 0 aromatic heterocycles. The molecule has 26 heavy (non-hydrogen) atoms. The minimum Gasteiger partial charge on any atom is -0.465 e. The van der Waals surface area contributed by atoms with Gasteiger partial charge in [0.25, 0.3) is 0 Å². The number of amides is 1. The number of carbonyl (C=O) groups is 1. The molecule has 1 amide bonds. The maximum atomic E-state index is 12.0. The molecule has 0 bridgehead atoms. The maximum absolute atomic E-state index is 12.0. The minimum absolute atomic E-state index is 0.122. The Morgan fingerprint density at radius 3 is 2.35 bits per heavy atom. The van der Waals surface area contributed by atoms with E-state index in [1.165, 1.54) is 24.2 Å². The Morgan fingerprint density at radius 1 is 1.23 bits per heavy atom. The van der Waals surface area contributed by atoms with Crippen molar-refractivity contribution in [3.05, 3.63) is 0 Å². The molecule has 6 nitrogen and oxygen atoms in total. The van der Waals surface area contributed by atoms with Crippen molar-refractivity contribution in [3.8, 4) is 0 Å². The monoisotopic (exact) mass is 371 g/mol. The molecule has 2 rings (SSSR count). The quantitative estimate of drug-likeness (QED) is 0.638. The second-order valence-corrected chi connectivity index (χ2v) is 8.96. The molecule has 3 N–H and O–H groups in total. The van der Waals surface area contributed by atoms with Gasteiger partial charge in [-0.2, -0.15) is 0 Å². The van der Waals surface area contributed by atoms with Gasteiger partial charge in [0.05, 0.1) is 24.9 Å². The Bertz CT molecular complexity index is 461. The molecular weight excluding hydrogens is 334 g/mol. The summed E-state index contributed by atoms with van der Waals surface area (Å²) in [4.78, 5) is 13.5. The lowest BCUT2D eigenvalue weighted by atomic mass is 9.80. The highest BCUT2D eigenvalue weighted by Crippen LogP contribution is 2.41. The van der Waals surface area contributed by atoms with Crippen molar-refractivity contribution in [2.75, 3.05) is 6.61 Å². The van der Waals surface area contributed by atoms with Crippen molar-refractivity contribution in [1.29, 1.82) is 0 Å². The number of hydrogen-bond acceptors (Lipinski definition) is 4. The van der Waals surface area contributed by atoms with Crippen molar-refractivity contribution in [2.45, 2.75) is 96.6 Å². The predicted octanol–water partition coefficient (Wildman–Crippen LogP) is 3.46. The molecule has 1 aliphatic carbocycles. The van der Waals surface area contributed by atoms with Crippen LogP contribution in [0.15, 0.2) is 0 Å². The number of nitrogens with zero attached hydrogens (tertiary/aromatic N) is 1. The Labute approximate surface area is 157 Å². The van der Waals surface area contributed by atoms with Crippen LogP contribution in [0.2, 0.25) is 0 Å². The third-order valence-corrected chi connectivity index (χ3v) is 6.33. The van der Waals surface area contributed by atoms with E-state index < -0.39 is 17.9 Å². The zero-order chi connectivity index (χ0) is 19.5. The Balaban J connectivity index is 2.21. The third kappa shape index (κ3) is 4.90. The van der Waals surface area contributed by atoms with E-state index in [2.05, 4.69) is 0 Å². The summed E-state index contributed by atoms with van der Waals surface area (Å²) in [6, 6.07) is -0.197. The van der Waals surface area contributed by atoms with Crippen LogP contribution in [0.25, 0.3) is 0 Å². The molecule has 0 aromatic rings. The summed E-state index contributed by atoms with van der Waals surface area (Å²) in [5, 5.41) is 29.5. The number of rotatable bonds is 7. The van der Waals surface area contributed by atoms with E-state index in [0.29, 0.717) is 12.3 Å². The van der Waals surface area contributed by atoms with Crippen LogP contribution in [0.3, 0.4) is 0 Å². The van der Waals surface area contributed by atoms with Crippen molar-refractivity contribution in [1.82, 2.24) is 4.90 Å². The van der Waals surface area contributed by atoms with Crippen molar-refractivity contribution < 1.29 is 24.9 Å². The molecule has 4 atom stereocenters. The first-order chi connectivity index (χ1) is 12.2. The van der Waals surface area contributed by atoms with Gasteiger partial charge >= 0.3 is 6.09 Å². The molecule has 6 heteroatoms. The predicted molar refractivity (Wildman–Crippen MR) is 99.8 cm³/mol. The molecule has 0 unspecified atom stereocenters. The highest BCUT2D eigenvalue weighted by atomic mass is 16.6. The van der Waals surface area contributed by atoms with E-state index in [-0.39, 0.29) is 30.6 Å². The Hall–Kier alpha value is -0.850. The zero-order valence-electron chi connectivity index (χ0n) is 16.7. The first-order valence-electron chi connectivity index (χ1n) is 10.2. The van der Waals surface area contributed by atoms with Gasteiger partial charge in [0.2, 0.25) is 0 Å². The normalized spacial score (nSPS) is 29.1. The summed E-state index contributed by atoms with van der Waals surface area (Å²) < 4.78 is 6.20. The number of ether oxygens (including phenoxy) is 1. The van der Waals surface area contributed by atoms with Gasteiger partial charge < -0.3 is 20.1 Å². The summed E-state index contributed by atoms with van der Waals surface area (Å²) in [6.07, 6.45) is 5.40. The smallest absolute Gasteiger partial charge is 0.409 e. The second kappa shape index (κ2) is 8.89. The van der Waals surface area contributed by atoms with Gasteiger partial charge in [0.15, 0.2) is 0 Å². The lowest BCUT2D eigenvalue weighted by Crippen LogP contribution is -2.48. The van der Waals surface area contributed by atoms with E-state index in [9.17, 15) is 20.1 Å². The molecule has 0 radical (unpaired) electrons. The lowest BCUT2D eigenvalue weighted by molar-refractivity contribution is -0.0799. The van der Waals surface area contributed by atoms with Crippen LogP contribution in [-0.4, -0.2) is 56.9 Å². The molecule has 2 fully saturated rings. The molecule has 152 valence electrons. The molecular formula is C20H37NO5. The fourth-order valence-corrected chi connectivity index (χ4v) is 4.95. The molecule has 1 saturated heterocycles. The number of aliphatic hydroxyl groups excluding tert-OH is 2. The summed E-state index contributed by atoms with van der Waals surface area (Å²) in [5.41, 5.74) is -0.873. The molecule has 1 saturated carbocycles. The van der Waals surface area contributed by atoms with Crippen LogP contribution < -0.4 is 0 Å². The molecule has 1 heterocycles. The van der Waals surface area contributed by atoms with Crippen molar-refractivity contribution >= 4 is 6.09 Å². The summed E-state index contributed by atoms with van der Waals surface area (Å²) in [5.74, 6) is 0.595. The van der Waals surface area contributed by atoms with E-state index in [4.69, 9.17) is 4.74 Å². The SMILES string of the molecule is CC(C)[C@H](C[C@@H]1OC(C)(C)N(C(=O)O)[C@H]1CC1CCCCC1)[C@H](O)CO. The highest BCUT2D eigenvalue weighted by Gasteiger charge is 2.51. The maximum Gasteiger partial charge on any atom is 0.409 e. The minimum atomic E-state index is -0.942. The van der Waals surface area contributed by atoms with Crippen LogP contribution in [0.5, 0.6) is 0 Å². The third-order valence-electron chi connectivity index (χ3n) is 6.33. The molecule has 1 aliphatic heterocycles. The standard InChI is InChI=1S/C20H37NO5/c1-13(2)15(17(23)12-22)11-18-16(10-14-8-6-5-7-9-14)21(19(24)25)20(3,4)26-18/h13-18,22-23H,5-12H2,1-4H3,(H,24,25)/t15-,16-,17+,18-/m0/s1. The Kier molecular flexibility index (Phi) is 7.34. The second-order valence-electron chi connectivity index (χ2n) is 8.96. The van der Waals surface area contributed by atoms with Gasteiger partial charge in [-0.3, -0.25) is 4.90 Å². The van der Waals surface area contributed by atoms with E-state index >= 15 is 0 Å². The van der Waals surface area contributed by atoms with E-state index in [1.54, 1.807) is 0 Å². The van der Waals surface area contributed by atoms with Gasteiger partial charge in [0.1, 0.15) is 5.72 Å². The fraction of sp³-hybridized carbons (Fsp3) is 0.950. The van der Waals surface area contributed by atoms with E-state index in [0.717, 1.165) is 19.3 Å². The van der Waals surface area contributed by atoms with Crippen LogP contribution in [0.1, 0.15) is 72.6 Å². The van der Waals surface area contributed by atoms with Gasteiger partial charge in [-0.25, -0.2) is 4.79 Å². The highest BCUT2D eigenvalue weighted by molar-refractivity contribution is 5.66. The zero-order valence-corrected chi connectivity index (χ0v) is 16.7. The van der Waals surface area contributed by atoms with Crippen molar-refractivity contribution in [3.63, 3.8) is 0 Å². The number of carboxylic acid groups (broad SMARTS) is 1. The van der Waals surface area contributed by atoms with Gasteiger partial charge in [-0.1, -0.05) is 46.0 Å². The van der Waals surface area contributed by atoms with Crippen LogP contribution in [0, 0.1) is 17.8 Å². The Morgan fingerprint density at radius 2 is 1.85 bits per heavy atom. The largest absolute Gasteiger partial charge is 0.465 e. The number of aliphatic hydroxyl groups is 2. The van der Waals surface area contributed by atoms with Gasteiger partial charge in [0, 0.05) is 0 Å². The molecule has 0 spiro atoms. The van der Waals surface area contributed by atoms with Gasteiger partial charge in [-0.05, 0) is 44.4 Å². The molecule has 0 aromatic carbocycles. The summed E-state index contributed by atoms with van der Waals surface area (Å²) in [6.45, 7) is 7.38. The average Bonchev–Trinajstić information content (AvgIpc) is 2.82. The summed E-state index contributed by atoms with van der Waals surface area (Å²) >= 11 is 0. The molecule has 2 aliphatic rings. The lowest BCUT2D eigenvalue weighted by Gasteiger charge is -2.34. The van der Waals surface area contributed by atoms with Crippen molar-refractivity contribution in [2.24, 2.45) is 17.8 Å². The van der Waals surface area contributed by atoms with Crippen LogP contribution in [-0.2, 0) is 4.74 Å². The number of hydrogen-bond donors (Lipinski definition) is 3. The summed E-state index contributed by atoms with van der Waals surface area (Å²) in [7, 11) is 0. The van der Waals surface area contributed by atoms with Crippen LogP contribution >= 0.6 is 0 Å².